The molecule has 18 valence electrons. The Morgan fingerprint density at radius 2 is 1.75 bits per heavy atom. The topological polar surface area (TPSA) is 23.1 Å². The van der Waals surface area contributed by atoms with E-state index in [0.717, 1.165) is 0 Å². The molecule has 0 rings (SSSR count). The van der Waals surface area contributed by atoms with Crippen LogP contribution >= 0.6 is 12.2 Å². The molecular weight excluding hydrogens is 83.1 g/mol. The summed E-state index contributed by atoms with van der Waals surface area (Å²) in [6.07, 6.45) is 0. The summed E-state index contributed by atoms with van der Waals surface area (Å²) in [5, 5.41) is 8.62. The maximum absolute atomic E-state index is 8.62. The third-order valence-electron chi connectivity index (χ3n) is 0. The van der Waals surface area contributed by atoms with Crippen molar-refractivity contribution in [3.63, 3.8) is 0 Å². The van der Waals surface area contributed by atoms with E-state index in [1.54, 1.807) is 0 Å². The molecule has 0 saturated carbocycles. The summed E-state index contributed by atoms with van der Waals surface area (Å²) in [5.41, 5.74) is 0.333. The van der Waals surface area contributed by atoms with Gasteiger partial charge in [-0.05, 0) is 0 Å². The zero-order valence-corrected chi connectivity index (χ0v) is 5.21. The molecule has 0 bridgehead atoms. The molecule has 0 amide bonds. The summed E-state index contributed by atoms with van der Waals surface area (Å²) < 4.78 is 0. The van der Waals surface area contributed by atoms with Gasteiger partial charge in [-0.15, -0.1) is 12.2 Å². The van der Waals surface area contributed by atoms with Crippen LogP contribution in [0, 0.1) is 0 Å². The fraction of sp³-hybridized carbons (Fsp3) is 0. The Labute approximate surface area is 52.3 Å². The summed E-state index contributed by atoms with van der Waals surface area (Å²) in [7, 11) is 0. The maximum atomic E-state index is 8.62. The van der Waals surface area contributed by atoms with Crippen LogP contribution in [0.25, 0.3) is 0 Å². The van der Waals surface area contributed by atoms with E-state index in [2.05, 4.69) is 12.2 Å². The first-order valence-electron chi connectivity index (χ1n) is 0.471. The third kappa shape index (κ3) is 13.0. The van der Waals surface area contributed by atoms with Crippen molar-refractivity contribution in [3.05, 3.63) is 0 Å². The molecule has 4 heavy (non-hydrogen) atoms. The van der Waals surface area contributed by atoms with Gasteiger partial charge >= 0.3 is 29.6 Å². The molecule has 0 aliphatic carbocycles. The molecular formula is CHNaOS. The van der Waals surface area contributed by atoms with E-state index in [9.17, 15) is 0 Å². The molecule has 0 aromatic rings. The van der Waals surface area contributed by atoms with Crippen LogP contribution in [0.3, 0.4) is 0 Å². The van der Waals surface area contributed by atoms with Crippen molar-refractivity contribution in [3.8, 4) is 0 Å². The first kappa shape index (κ1) is 8.86. The Morgan fingerprint density at radius 3 is 1.75 bits per heavy atom. The van der Waals surface area contributed by atoms with Gasteiger partial charge in [0.05, 0.1) is 0 Å². The van der Waals surface area contributed by atoms with Gasteiger partial charge in [-0.2, -0.15) is 0 Å². The molecule has 0 atom stereocenters. The zero-order chi connectivity index (χ0) is 2.71. The van der Waals surface area contributed by atoms with E-state index in [1.807, 2.05) is 0 Å². The Morgan fingerprint density at radius 1 is 1.75 bits per heavy atom. The van der Waals surface area contributed by atoms with Crippen LogP contribution in [0.5, 0.6) is 0 Å². The van der Waals surface area contributed by atoms with Crippen LogP contribution in [0.4, 0.5) is 0 Å². The van der Waals surface area contributed by atoms with Crippen molar-refractivity contribution in [1.29, 1.82) is 0 Å². The number of thiocarbonyl (C=S) groups is 1. The van der Waals surface area contributed by atoms with Gasteiger partial charge in [-0.3, -0.25) is 0 Å². The monoisotopic (exact) mass is 84.0 g/mol. The van der Waals surface area contributed by atoms with Crippen molar-refractivity contribution in [2.75, 3.05) is 0 Å². The van der Waals surface area contributed by atoms with Crippen molar-refractivity contribution in [2.45, 2.75) is 0 Å². The van der Waals surface area contributed by atoms with E-state index in [1.165, 1.54) is 0 Å². The maximum Gasteiger partial charge on any atom is 1.00 e. The van der Waals surface area contributed by atoms with Gasteiger partial charge in [0, 0.05) is 0 Å². The molecule has 0 spiro atoms. The minimum absolute atomic E-state index is 0. The molecule has 0 aliphatic heterocycles. The number of rotatable bonds is 0. The third-order valence-corrected chi connectivity index (χ3v) is 0. The van der Waals surface area contributed by atoms with Crippen LogP contribution in [-0.4, -0.2) is 5.55 Å². The predicted octanol–water partition coefficient (Wildman–Crippen LogP) is -3.69. The van der Waals surface area contributed by atoms with Crippen molar-refractivity contribution >= 4 is 17.8 Å². The Bertz CT molecular complexity index is 15.5. The van der Waals surface area contributed by atoms with Crippen LogP contribution < -0.4 is 34.7 Å². The number of hydrogen-bond acceptors (Lipinski definition) is 2. The van der Waals surface area contributed by atoms with E-state index < -0.39 is 0 Å². The van der Waals surface area contributed by atoms with Crippen LogP contribution in [0.2, 0.25) is 0 Å². The van der Waals surface area contributed by atoms with Crippen molar-refractivity contribution < 1.29 is 34.7 Å². The quantitative estimate of drug-likeness (QED) is 0.223. The van der Waals surface area contributed by atoms with Gasteiger partial charge in [0.1, 0.15) is 0 Å². The average molecular weight is 84.1 g/mol. The summed E-state index contributed by atoms with van der Waals surface area (Å²) in [5.74, 6) is 0. The summed E-state index contributed by atoms with van der Waals surface area (Å²) in [6, 6.07) is 0. The van der Waals surface area contributed by atoms with Crippen LogP contribution in [0.15, 0.2) is 0 Å². The molecule has 0 heterocycles. The minimum atomic E-state index is 0. The predicted molar refractivity (Wildman–Crippen MR) is 13.7 cm³/mol. The van der Waals surface area contributed by atoms with Crippen LogP contribution in [0.1, 0.15) is 0 Å². The van der Waals surface area contributed by atoms with E-state index >= 15 is 0 Å². The zero-order valence-electron chi connectivity index (χ0n) is 2.39. The molecule has 0 radical (unpaired) electrons. The second-order valence-electron chi connectivity index (χ2n) is 0.0962. The first-order valence-corrected chi connectivity index (χ1v) is 0.943. The number of hydrogen-bond donors (Lipinski definition) is 0. The molecule has 0 saturated heterocycles. The van der Waals surface area contributed by atoms with Gasteiger partial charge < -0.3 is 5.11 Å². The second-order valence-corrected chi connectivity index (χ2v) is 0.289. The average Bonchev–Trinajstić information content (AvgIpc) is 0.918. The molecule has 0 aromatic heterocycles. The molecule has 0 fully saturated rings. The van der Waals surface area contributed by atoms with Gasteiger partial charge in [0.2, 0.25) is 0 Å². The molecule has 1 nitrogen and oxygen atoms in total. The fourth-order valence-electron chi connectivity index (χ4n) is 0. The largest absolute Gasteiger partial charge is 1.00 e. The minimum Gasteiger partial charge on any atom is -0.870 e. The van der Waals surface area contributed by atoms with Gasteiger partial charge in [0.15, 0.2) is 0 Å². The van der Waals surface area contributed by atoms with Crippen molar-refractivity contribution in [1.82, 2.24) is 0 Å². The molecule has 0 N–H and O–H groups in total. The SMILES string of the molecule is [Na+].[O-]C=S. The van der Waals surface area contributed by atoms with Gasteiger partial charge in [-0.25, -0.2) is 0 Å². The molecule has 0 unspecified atom stereocenters. The standard InChI is InChI=1S/CH2OS.Na/c2-1-3;/h1H,(H,2,3);/q;+1/p-1. The summed E-state index contributed by atoms with van der Waals surface area (Å²) >= 11 is 3.71. The smallest absolute Gasteiger partial charge is 0.870 e. The fourth-order valence-corrected chi connectivity index (χ4v) is 0. The van der Waals surface area contributed by atoms with Gasteiger partial charge in [-0.1, -0.05) is 5.55 Å². The van der Waals surface area contributed by atoms with Crippen LogP contribution in [-0.2, 0) is 0 Å². The Balaban J connectivity index is 0. The summed E-state index contributed by atoms with van der Waals surface area (Å²) in [4.78, 5) is 0. The first-order chi connectivity index (χ1) is 1.41. The molecule has 0 aliphatic rings. The van der Waals surface area contributed by atoms with E-state index in [0.29, 0.717) is 5.55 Å². The summed E-state index contributed by atoms with van der Waals surface area (Å²) in [6.45, 7) is 0. The van der Waals surface area contributed by atoms with Crippen molar-refractivity contribution in [2.24, 2.45) is 0 Å². The van der Waals surface area contributed by atoms with E-state index in [4.69, 9.17) is 5.11 Å². The van der Waals surface area contributed by atoms with E-state index in [-0.39, 0.29) is 29.6 Å². The second kappa shape index (κ2) is 9.10. The Hall–Kier alpha value is 0.890. The molecule has 3 heteroatoms. The normalized spacial score (nSPS) is 3.00. The molecule has 0 aromatic carbocycles. The van der Waals surface area contributed by atoms with Gasteiger partial charge in [0.25, 0.3) is 0 Å². The Kier molecular flexibility index (Phi) is 20.1.